The van der Waals surface area contributed by atoms with Crippen LogP contribution in [0.5, 0.6) is 0 Å². The lowest BCUT2D eigenvalue weighted by Gasteiger charge is -2.06. The largest absolute Gasteiger partial charge is 0.333 e. The van der Waals surface area contributed by atoms with Crippen molar-refractivity contribution in [1.29, 1.82) is 5.26 Å². The van der Waals surface area contributed by atoms with Gasteiger partial charge in [0.25, 0.3) is 5.56 Å². The molecule has 0 bridgehead atoms. The predicted octanol–water partition coefficient (Wildman–Crippen LogP) is 3.00. The van der Waals surface area contributed by atoms with Crippen LogP contribution in [0, 0.1) is 11.3 Å². The van der Waals surface area contributed by atoms with E-state index >= 15 is 0 Å². The molecule has 0 radical (unpaired) electrons. The molecule has 2 aromatic heterocycles. The second-order valence-electron chi connectivity index (χ2n) is 6.47. The average molecular weight is 395 g/mol. The van der Waals surface area contributed by atoms with Gasteiger partial charge in [-0.2, -0.15) is 10.4 Å². The van der Waals surface area contributed by atoms with Crippen molar-refractivity contribution in [1.82, 2.24) is 19.5 Å². The zero-order chi connectivity index (χ0) is 20.8. The van der Waals surface area contributed by atoms with Crippen LogP contribution in [-0.2, 0) is 6.54 Å². The first-order chi connectivity index (χ1) is 14.7. The molecule has 4 rings (SSSR count). The van der Waals surface area contributed by atoms with Gasteiger partial charge in [-0.3, -0.25) is 9.78 Å². The van der Waals surface area contributed by atoms with E-state index in [4.69, 9.17) is 0 Å². The summed E-state index contributed by atoms with van der Waals surface area (Å²) in [5.74, 6) is 0.156. The van der Waals surface area contributed by atoms with Crippen molar-refractivity contribution < 1.29 is 0 Å². The highest BCUT2D eigenvalue weighted by atomic mass is 16.1. The fraction of sp³-hybridized carbons (Fsp3) is 0.0455. The van der Waals surface area contributed by atoms with Crippen LogP contribution < -0.4 is 11.0 Å². The van der Waals surface area contributed by atoms with Crippen LogP contribution in [0.25, 0.3) is 11.3 Å². The summed E-state index contributed by atoms with van der Waals surface area (Å²) < 4.78 is 1.98. The Kier molecular flexibility index (Phi) is 5.44. The molecule has 0 aliphatic heterocycles. The van der Waals surface area contributed by atoms with Gasteiger partial charge in [0.2, 0.25) is 5.95 Å². The standard InChI is InChI=1S/C22H17N7O/c23-12-19-20(18-7-2-1-3-8-18)26-22(27-21(19)30)28-25-13-16-5-4-6-17(11-16)14-29-10-9-24-15-29/h1-11,13,15H,14H2,(H2,26,27,28,30). The van der Waals surface area contributed by atoms with Gasteiger partial charge >= 0.3 is 0 Å². The molecule has 0 amide bonds. The third-order valence-corrected chi connectivity index (χ3v) is 4.34. The molecular weight excluding hydrogens is 378 g/mol. The molecule has 146 valence electrons. The molecule has 4 aromatic rings. The maximum absolute atomic E-state index is 12.3. The second-order valence-corrected chi connectivity index (χ2v) is 6.47. The number of benzene rings is 2. The minimum Gasteiger partial charge on any atom is -0.333 e. The molecule has 0 aliphatic carbocycles. The number of hydrazone groups is 1. The van der Waals surface area contributed by atoms with E-state index in [1.54, 1.807) is 30.9 Å². The van der Waals surface area contributed by atoms with Gasteiger partial charge in [0.1, 0.15) is 11.6 Å². The number of imidazole rings is 1. The number of anilines is 1. The monoisotopic (exact) mass is 395 g/mol. The Labute approximate surface area is 172 Å². The third kappa shape index (κ3) is 4.31. The van der Waals surface area contributed by atoms with Crippen molar-refractivity contribution >= 4 is 12.2 Å². The molecule has 0 fully saturated rings. The first-order valence-corrected chi connectivity index (χ1v) is 9.16. The number of aromatic nitrogens is 4. The normalized spacial score (nSPS) is 10.8. The van der Waals surface area contributed by atoms with Crippen molar-refractivity contribution in [2.24, 2.45) is 5.10 Å². The van der Waals surface area contributed by atoms with Gasteiger partial charge in [-0.05, 0) is 17.2 Å². The summed E-state index contributed by atoms with van der Waals surface area (Å²) in [7, 11) is 0. The number of H-pyrrole nitrogens is 1. The highest BCUT2D eigenvalue weighted by Crippen LogP contribution is 2.19. The van der Waals surface area contributed by atoms with E-state index in [2.05, 4.69) is 25.5 Å². The lowest BCUT2D eigenvalue weighted by Crippen LogP contribution is -2.16. The Morgan fingerprint density at radius 2 is 2.07 bits per heavy atom. The Hall–Kier alpha value is -4.51. The number of hydrogen-bond donors (Lipinski definition) is 2. The number of rotatable bonds is 6. The number of aromatic amines is 1. The van der Waals surface area contributed by atoms with Gasteiger partial charge in [0.05, 0.1) is 18.2 Å². The molecule has 8 nitrogen and oxygen atoms in total. The smallest absolute Gasteiger partial charge is 0.270 e. The summed E-state index contributed by atoms with van der Waals surface area (Å²) in [6.45, 7) is 0.708. The predicted molar refractivity (Wildman–Crippen MR) is 114 cm³/mol. The van der Waals surface area contributed by atoms with Gasteiger partial charge in [-0.25, -0.2) is 15.4 Å². The molecule has 0 unspecified atom stereocenters. The Bertz CT molecular complexity index is 1270. The van der Waals surface area contributed by atoms with Gasteiger partial charge < -0.3 is 4.57 Å². The van der Waals surface area contributed by atoms with Gasteiger partial charge in [0.15, 0.2) is 0 Å². The van der Waals surface area contributed by atoms with Crippen molar-refractivity contribution in [3.8, 4) is 17.3 Å². The van der Waals surface area contributed by atoms with Gasteiger partial charge in [0, 0.05) is 24.5 Å². The Morgan fingerprint density at radius 1 is 1.20 bits per heavy atom. The average Bonchev–Trinajstić information content (AvgIpc) is 3.27. The van der Waals surface area contributed by atoms with Crippen LogP contribution in [0.15, 0.2) is 83.2 Å². The van der Waals surface area contributed by atoms with Crippen molar-refractivity contribution in [2.75, 3.05) is 5.43 Å². The van der Waals surface area contributed by atoms with Crippen LogP contribution in [0.3, 0.4) is 0 Å². The maximum atomic E-state index is 12.3. The fourth-order valence-corrected chi connectivity index (χ4v) is 2.97. The zero-order valence-electron chi connectivity index (χ0n) is 15.9. The van der Waals surface area contributed by atoms with Crippen LogP contribution in [0.4, 0.5) is 5.95 Å². The van der Waals surface area contributed by atoms with Crippen molar-refractivity contribution in [3.05, 3.63) is 100 Å². The van der Waals surface area contributed by atoms with E-state index < -0.39 is 5.56 Å². The molecule has 2 aromatic carbocycles. The molecule has 8 heteroatoms. The van der Waals surface area contributed by atoms with E-state index in [0.717, 1.165) is 11.1 Å². The topological polar surface area (TPSA) is 112 Å². The SMILES string of the molecule is N#Cc1c(-c2ccccc2)nc(NN=Cc2cccc(Cn3ccnc3)c2)[nH]c1=O. The molecule has 2 heterocycles. The number of nitrogens with zero attached hydrogens (tertiary/aromatic N) is 5. The lowest BCUT2D eigenvalue weighted by atomic mass is 10.1. The molecule has 0 aliphatic rings. The van der Waals surface area contributed by atoms with Crippen LogP contribution in [0.1, 0.15) is 16.7 Å². The molecular formula is C22H17N7O. The summed E-state index contributed by atoms with van der Waals surface area (Å²) in [6.07, 6.45) is 7.04. The van der Waals surface area contributed by atoms with E-state index in [1.165, 1.54) is 0 Å². The molecule has 0 saturated heterocycles. The van der Waals surface area contributed by atoms with Crippen molar-refractivity contribution in [2.45, 2.75) is 6.54 Å². The van der Waals surface area contributed by atoms with E-state index in [1.807, 2.05) is 59.3 Å². The van der Waals surface area contributed by atoms with Gasteiger partial charge in [-0.1, -0.05) is 48.5 Å². The Balaban J connectivity index is 1.54. The Morgan fingerprint density at radius 3 is 2.83 bits per heavy atom. The molecule has 2 N–H and O–H groups in total. The van der Waals surface area contributed by atoms with Gasteiger partial charge in [-0.15, -0.1) is 0 Å². The molecule has 0 saturated carbocycles. The molecule has 0 spiro atoms. The molecule has 30 heavy (non-hydrogen) atoms. The maximum Gasteiger partial charge on any atom is 0.270 e. The number of nitriles is 1. The third-order valence-electron chi connectivity index (χ3n) is 4.34. The first kappa shape index (κ1) is 18.8. The minimum absolute atomic E-state index is 0.0390. The highest BCUT2D eigenvalue weighted by molar-refractivity contribution is 5.80. The fourth-order valence-electron chi connectivity index (χ4n) is 2.97. The number of hydrogen-bond acceptors (Lipinski definition) is 6. The summed E-state index contributed by atoms with van der Waals surface area (Å²) in [6, 6.07) is 18.9. The van der Waals surface area contributed by atoms with Crippen LogP contribution in [0.2, 0.25) is 0 Å². The highest BCUT2D eigenvalue weighted by Gasteiger charge is 2.12. The summed E-state index contributed by atoms with van der Waals surface area (Å²) >= 11 is 0. The van der Waals surface area contributed by atoms with E-state index in [0.29, 0.717) is 17.8 Å². The van der Waals surface area contributed by atoms with E-state index in [9.17, 15) is 10.1 Å². The van der Waals surface area contributed by atoms with Crippen LogP contribution >= 0.6 is 0 Å². The summed E-state index contributed by atoms with van der Waals surface area (Å²) in [4.78, 5) is 23.2. The first-order valence-electron chi connectivity index (χ1n) is 9.16. The lowest BCUT2D eigenvalue weighted by molar-refractivity contribution is 0.797. The summed E-state index contributed by atoms with van der Waals surface area (Å²) in [5, 5.41) is 13.5. The minimum atomic E-state index is -0.522. The zero-order valence-corrected chi connectivity index (χ0v) is 15.9. The van der Waals surface area contributed by atoms with E-state index in [-0.39, 0.29) is 11.5 Å². The quantitative estimate of drug-likeness (QED) is 0.385. The van der Waals surface area contributed by atoms with Crippen molar-refractivity contribution in [3.63, 3.8) is 0 Å². The number of nitrogens with one attached hydrogen (secondary N) is 2. The second kappa shape index (κ2) is 8.67. The molecule has 0 atom stereocenters. The summed E-state index contributed by atoms with van der Waals surface area (Å²) in [5.41, 5.74) is 5.16. The van der Waals surface area contributed by atoms with Crippen LogP contribution in [-0.4, -0.2) is 25.7 Å².